The van der Waals surface area contributed by atoms with Crippen molar-refractivity contribution in [2.75, 3.05) is 18.9 Å². The molecule has 2 aromatic carbocycles. The summed E-state index contributed by atoms with van der Waals surface area (Å²) in [7, 11) is -3.81. The maximum Gasteiger partial charge on any atom is 0.241 e. The molecule has 0 saturated heterocycles. The molecule has 0 aliphatic carbocycles. The fraction of sp³-hybridized carbons (Fsp3) is 0.158. The summed E-state index contributed by atoms with van der Waals surface area (Å²) in [6.45, 7) is -0.0106. The summed E-state index contributed by atoms with van der Waals surface area (Å²) in [5, 5.41) is 8.84. The Morgan fingerprint density at radius 3 is 2.43 bits per heavy atom. The number of anilines is 1. The van der Waals surface area contributed by atoms with Crippen molar-refractivity contribution >= 4 is 16.0 Å². The van der Waals surface area contributed by atoms with Crippen LogP contribution in [0.1, 0.15) is 6.42 Å². The number of nitrogens with zero attached hydrogens (tertiary/aromatic N) is 2. The number of hydrogen-bond donors (Lipinski definition) is 3. The second-order valence-corrected chi connectivity index (χ2v) is 7.73. The van der Waals surface area contributed by atoms with E-state index in [0.29, 0.717) is 23.1 Å². The number of hydrogen-bond acceptors (Lipinski definition) is 6. The Morgan fingerprint density at radius 1 is 1.04 bits per heavy atom. The molecule has 3 rings (SSSR count). The fourth-order valence-corrected chi connectivity index (χ4v) is 4.00. The largest absolute Gasteiger partial charge is 0.396 e. The molecule has 0 aliphatic heterocycles. The lowest BCUT2D eigenvalue weighted by atomic mass is 10.0. The van der Waals surface area contributed by atoms with E-state index in [0.717, 1.165) is 0 Å². The van der Waals surface area contributed by atoms with E-state index in [4.69, 9.17) is 10.8 Å². The number of sulfonamides is 1. The number of aliphatic hydroxyl groups is 1. The van der Waals surface area contributed by atoms with Gasteiger partial charge in [-0.1, -0.05) is 30.3 Å². The fourth-order valence-electron chi connectivity index (χ4n) is 2.70. The highest BCUT2D eigenvalue weighted by molar-refractivity contribution is 7.89. The number of benzene rings is 2. The van der Waals surface area contributed by atoms with Crippen molar-refractivity contribution in [3.63, 3.8) is 0 Å². The lowest BCUT2D eigenvalue weighted by Crippen LogP contribution is -2.25. The molecule has 1 aromatic heterocycles. The summed E-state index contributed by atoms with van der Waals surface area (Å²) < 4.78 is 42.3. The van der Waals surface area contributed by atoms with Crippen LogP contribution in [-0.4, -0.2) is 36.6 Å². The van der Waals surface area contributed by atoms with Gasteiger partial charge in [-0.05, 0) is 24.1 Å². The lowest BCUT2D eigenvalue weighted by molar-refractivity contribution is 0.289. The van der Waals surface area contributed by atoms with E-state index in [1.807, 2.05) is 0 Å². The SMILES string of the molecule is Nc1ncc(-c2ccc(-c3ccccc3S(=O)(=O)NCCCO)cc2F)cn1. The molecule has 3 aromatic rings. The Labute approximate surface area is 162 Å². The number of aliphatic hydroxyl groups excluding tert-OH is 1. The highest BCUT2D eigenvalue weighted by atomic mass is 32.2. The molecule has 0 saturated carbocycles. The van der Waals surface area contributed by atoms with Crippen molar-refractivity contribution in [2.24, 2.45) is 0 Å². The van der Waals surface area contributed by atoms with E-state index in [1.54, 1.807) is 30.3 Å². The van der Waals surface area contributed by atoms with Crippen molar-refractivity contribution in [2.45, 2.75) is 11.3 Å². The standard InChI is InChI=1S/C19H19FN4O3S/c20-17-10-13(6-7-15(17)14-11-22-19(21)23-12-14)16-4-1-2-5-18(16)28(26,27)24-8-3-9-25/h1-2,4-7,10-12,24-25H,3,8-9H2,(H2,21,22,23). The minimum Gasteiger partial charge on any atom is -0.396 e. The molecule has 0 radical (unpaired) electrons. The quantitative estimate of drug-likeness (QED) is 0.522. The third-order valence-corrected chi connectivity index (χ3v) is 5.59. The first-order valence-electron chi connectivity index (χ1n) is 8.50. The van der Waals surface area contributed by atoms with Gasteiger partial charge >= 0.3 is 0 Å². The molecule has 0 unspecified atom stereocenters. The number of halogens is 1. The molecule has 9 heteroatoms. The van der Waals surface area contributed by atoms with Gasteiger partial charge in [-0.25, -0.2) is 27.5 Å². The molecule has 4 N–H and O–H groups in total. The predicted molar refractivity (Wildman–Crippen MR) is 104 cm³/mol. The van der Waals surface area contributed by atoms with Gasteiger partial charge in [-0.2, -0.15) is 0 Å². The first-order valence-corrected chi connectivity index (χ1v) is 9.98. The van der Waals surface area contributed by atoms with E-state index >= 15 is 0 Å². The van der Waals surface area contributed by atoms with Crippen molar-refractivity contribution in [1.82, 2.24) is 14.7 Å². The van der Waals surface area contributed by atoms with Crippen LogP contribution in [0, 0.1) is 5.82 Å². The van der Waals surface area contributed by atoms with Crippen molar-refractivity contribution in [3.8, 4) is 22.3 Å². The highest BCUT2D eigenvalue weighted by Gasteiger charge is 2.19. The average Bonchev–Trinajstić information content (AvgIpc) is 2.69. The van der Waals surface area contributed by atoms with Crippen LogP contribution >= 0.6 is 0 Å². The topological polar surface area (TPSA) is 118 Å². The maximum atomic E-state index is 14.7. The predicted octanol–water partition coefficient (Wildman–Crippen LogP) is 2.19. The van der Waals surface area contributed by atoms with Crippen LogP contribution in [0.3, 0.4) is 0 Å². The molecule has 146 valence electrons. The summed E-state index contributed by atoms with van der Waals surface area (Å²) in [4.78, 5) is 7.75. The Bertz CT molecular complexity index is 1070. The molecule has 1 heterocycles. The number of nitrogen functional groups attached to an aromatic ring is 1. The summed E-state index contributed by atoms with van der Waals surface area (Å²) in [5.74, 6) is -0.445. The van der Waals surface area contributed by atoms with E-state index in [-0.39, 0.29) is 29.6 Å². The van der Waals surface area contributed by atoms with Gasteiger partial charge in [0.15, 0.2) is 0 Å². The first-order chi connectivity index (χ1) is 13.4. The Balaban J connectivity index is 1.99. The van der Waals surface area contributed by atoms with E-state index < -0.39 is 15.8 Å². The molecular formula is C19H19FN4O3S. The van der Waals surface area contributed by atoms with Crippen LogP contribution in [-0.2, 0) is 10.0 Å². The third kappa shape index (κ3) is 4.33. The van der Waals surface area contributed by atoms with Crippen LogP contribution < -0.4 is 10.5 Å². The highest BCUT2D eigenvalue weighted by Crippen LogP contribution is 2.31. The molecule has 0 spiro atoms. The second kappa shape index (κ2) is 8.42. The number of aromatic nitrogens is 2. The zero-order valence-corrected chi connectivity index (χ0v) is 15.7. The van der Waals surface area contributed by atoms with Gasteiger partial charge in [0.05, 0.1) is 4.90 Å². The van der Waals surface area contributed by atoms with Gasteiger partial charge in [-0.15, -0.1) is 0 Å². The molecule has 0 bridgehead atoms. The number of rotatable bonds is 7. The van der Waals surface area contributed by atoms with Crippen molar-refractivity contribution in [1.29, 1.82) is 0 Å². The Hall–Kier alpha value is -2.88. The Morgan fingerprint density at radius 2 is 1.75 bits per heavy atom. The van der Waals surface area contributed by atoms with Crippen molar-refractivity contribution in [3.05, 3.63) is 60.7 Å². The van der Waals surface area contributed by atoms with Crippen molar-refractivity contribution < 1.29 is 17.9 Å². The lowest BCUT2D eigenvalue weighted by Gasteiger charge is -2.12. The smallest absolute Gasteiger partial charge is 0.241 e. The second-order valence-electron chi connectivity index (χ2n) is 6.00. The minimum absolute atomic E-state index is 0.0379. The van der Waals surface area contributed by atoms with Gasteiger partial charge < -0.3 is 10.8 Å². The Kier molecular flexibility index (Phi) is 5.98. The summed E-state index contributed by atoms with van der Waals surface area (Å²) in [6, 6.07) is 10.8. The zero-order valence-electron chi connectivity index (χ0n) is 14.8. The van der Waals surface area contributed by atoms with Crippen LogP contribution in [0.25, 0.3) is 22.3 Å². The molecule has 0 amide bonds. The number of nitrogens with one attached hydrogen (secondary N) is 1. The molecular weight excluding hydrogens is 383 g/mol. The molecule has 0 aliphatic rings. The van der Waals surface area contributed by atoms with Gasteiger partial charge in [0.25, 0.3) is 0 Å². The van der Waals surface area contributed by atoms with Crippen LogP contribution in [0.4, 0.5) is 10.3 Å². The van der Waals surface area contributed by atoms with Crippen LogP contribution in [0.2, 0.25) is 0 Å². The zero-order chi connectivity index (χ0) is 20.1. The molecule has 0 fully saturated rings. The number of nitrogens with two attached hydrogens (primary N) is 1. The van der Waals surface area contributed by atoms with Gasteiger partial charge in [-0.3, -0.25) is 0 Å². The van der Waals surface area contributed by atoms with Crippen LogP contribution in [0.15, 0.2) is 59.8 Å². The van der Waals surface area contributed by atoms with Gasteiger partial charge in [0.2, 0.25) is 16.0 Å². The van der Waals surface area contributed by atoms with Crippen LogP contribution in [0.5, 0.6) is 0 Å². The van der Waals surface area contributed by atoms with E-state index in [1.165, 1.54) is 24.5 Å². The van der Waals surface area contributed by atoms with E-state index in [9.17, 15) is 12.8 Å². The minimum atomic E-state index is -3.81. The molecule has 0 atom stereocenters. The summed E-state index contributed by atoms with van der Waals surface area (Å²) in [6.07, 6.45) is 3.14. The average molecular weight is 402 g/mol. The monoisotopic (exact) mass is 402 g/mol. The van der Waals surface area contributed by atoms with Gasteiger partial charge in [0.1, 0.15) is 5.82 Å². The third-order valence-electron chi connectivity index (χ3n) is 4.07. The maximum absolute atomic E-state index is 14.7. The van der Waals surface area contributed by atoms with Gasteiger partial charge in [0, 0.05) is 42.2 Å². The normalized spacial score (nSPS) is 11.5. The molecule has 7 nitrogen and oxygen atoms in total. The molecule has 28 heavy (non-hydrogen) atoms. The first kappa shape index (κ1) is 19.9. The van der Waals surface area contributed by atoms with E-state index in [2.05, 4.69) is 14.7 Å². The summed E-state index contributed by atoms with van der Waals surface area (Å²) in [5.41, 5.74) is 6.99. The summed E-state index contributed by atoms with van der Waals surface area (Å²) >= 11 is 0.